The van der Waals surface area contributed by atoms with E-state index in [9.17, 15) is 9.59 Å². The highest BCUT2D eigenvalue weighted by molar-refractivity contribution is 6.04. The number of amides is 2. The molecular weight excluding hydrogens is 358 g/mol. The Morgan fingerprint density at radius 3 is 2.71 bits per heavy atom. The number of anilines is 1. The van der Waals surface area contributed by atoms with E-state index in [-0.39, 0.29) is 17.9 Å². The number of rotatable bonds is 4. The first-order valence-corrected chi connectivity index (χ1v) is 9.42. The van der Waals surface area contributed by atoms with Crippen LogP contribution in [0.15, 0.2) is 36.7 Å². The lowest BCUT2D eigenvalue weighted by atomic mass is 9.78. The molecule has 1 N–H and O–H groups in total. The fraction of sp³-hybridized carbons (Fsp3) is 0.381. The predicted octanol–water partition coefficient (Wildman–Crippen LogP) is 2.83. The van der Waals surface area contributed by atoms with Crippen LogP contribution in [-0.4, -0.2) is 48.5 Å². The topological polar surface area (TPSA) is 80.8 Å². The molecule has 28 heavy (non-hydrogen) atoms. The molecule has 2 aliphatic heterocycles. The van der Waals surface area contributed by atoms with E-state index in [4.69, 9.17) is 9.47 Å². The van der Waals surface area contributed by atoms with Gasteiger partial charge in [-0.15, -0.1) is 0 Å². The second-order valence-corrected chi connectivity index (χ2v) is 7.06. The Morgan fingerprint density at radius 1 is 1.21 bits per heavy atom. The molecule has 0 spiro atoms. The number of carbonyl (C=O) groups excluding carboxylic acids is 2. The van der Waals surface area contributed by atoms with Gasteiger partial charge in [-0.1, -0.05) is 0 Å². The Balaban J connectivity index is 1.80. The number of hydrogen-bond donors (Lipinski definition) is 1. The van der Waals surface area contributed by atoms with Crippen LogP contribution in [0.3, 0.4) is 0 Å². The minimum absolute atomic E-state index is 0.0499. The lowest BCUT2D eigenvalue weighted by Crippen LogP contribution is -2.53. The Morgan fingerprint density at radius 2 is 2.00 bits per heavy atom. The summed E-state index contributed by atoms with van der Waals surface area (Å²) < 4.78 is 10.8. The van der Waals surface area contributed by atoms with E-state index >= 15 is 0 Å². The van der Waals surface area contributed by atoms with Crippen molar-refractivity contribution >= 4 is 17.5 Å². The Hall–Kier alpha value is -3.09. The van der Waals surface area contributed by atoms with Crippen molar-refractivity contribution in [3.8, 4) is 11.5 Å². The molecule has 7 nitrogen and oxygen atoms in total. The van der Waals surface area contributed by atoms with Crippen molar-refractivity contribution in [2.24, 2.45) is 0 Å². The van der Waals surface area contributed by atoms with Crippen LogP contribution in [0.2, 0.25) is 0 Å². The number of fused-ring (bicyclic) bond motifs is 2. The average molecular weight is 381 g/mol. The van der Waals surface area contributed by atoms with Gasteiger partial charge in [0.2, 0.25) is 5.91 Å². The molecule has 0 aliphatic carbocycles. The van der Waals surface area contributed by atoms with Gasteiger partial charge >= 0.3 is 0 Å². The van der Waals surface area contributed by atoms with Crippen LogP contribution in [0.5, 0.6) is 11.5 Å². The van der Waals surface area contributed by atoms with E-state index in [1.807, 2.05) is 4.90 Å². The summed E-state index contributed by atoms with van der Waals surface area (Å²) in [5, 5.41) is 2.96. The second-order valence-electron chi connectivity index (χ2n) is 7.06. The zero-order chi connectivity index (χ0) is 19.7. The van der Waals surface area contributed by atoms with E-state index < -0.39 is 5.92 Å². The Labute approximate surface area is 163 Å². The summed E-state index contributed by atoms with van der Waals surface area (Å²) in [6.07, 6.45) is 6.00. The van der Waals surface area contributed by atoms with E-state index in [1.54, 1.807) is 43.8 Å². The molecule has 1 saturated heterocycles. The van der Waals surface area contributed by atoms with E-state index in [2.05, 4.69) is 10.3 Å². The first kappa shape index (κ1) is 18.3. The van der Waals surface area contributed by atoms with Gasteiger partial charge in [0, 0.05) is 24.3 Å². The van der Waals surface area contributed by atoms with Crippen molar-refractivity contribution in [3.05, 3.63) is 47.8 Å². The molecule has 0 bridgehead atoms. The Bertz CT molecular complexity index is 900. The fourth-order valence-electron chi connectivity index (χ4n) is 4.23. The summed E-state index contributed by atoms with van der Waals surface area (Å²) in [6.45, 7) is 0.661. The fourth-order valence-corrected chi connectivity index (χ4v) is 4.23. The number of benzene rings is 1. The summed E-state index contributed by atoms with van der Waals surface area (Å²) in [6, 6.07) is 6.86. The normalized spacial score (nSPS) is 20.8. The van der Waals surface area contributed by atoms with Gasteiger partial charge < -0.3 is 19.7 Å². The quantitative estimate of drug-likeness (QED) is 0.881. The minimum Gasteiger partial charge on any atom is -0.493 e. The first-order chi connectivity index (χ1) is 13.6. The largest absolute Gasteiger partial charge is 0.493 e. The van der Waals surface area contributed by atoms with E-state index in [0.717, 1.165) is 19.3 Å². The zero-order valence-corrected chi connectivity index (χ0v) is 16.0. The highest BCUT2D eigenvalue weighted by Crippen LogP contribution is 2.43. The van der Waals surface area contributed by atoms with Crippen molar-refractivity contribution in [3.63, 3.8) is 0 Å². The third-order valence-corrected chi connectivity index (χ3v) is 5.53. The number of nitrogens with zero attached hydrogens (tertiary/aromatic N) is 2. The summed E-state index contributed by atoms with van der Waals surface area (Å²) in [5.41, 5.74) is 1.82. The van der Waals surface area contributed by atoms with E-state index in [0.29, 0.717) is 34.9 Å². The maximum absolute atomic E-state index is 13.3. The van der Waals surface area contributed by atoms with Gasteiger partial charge in [0.25, 0.3) is 5.91 Å². The van der Waals surface area contributed by atoms with Gasteiger partial charge in [0.15, 0.2) is 11.5 Å². The number of carbonyl (C=O) groups is 2. The number of hydrogen-bond acceptors (Lipinski definition) is 5. The maximum Gasteiger partial charge on any atom is 0.254 e. The third-order valence-electron chi connectivity index (χ3n) is 5.53. The molecule has 2 aromatic rings. The standard InChI is InChI=1S/C21H23N3O4/c1-27-17-10-14-15(11-18(17)28-2)21(26)24-9-4-3-7-16(24)19(14)20(25)23-13-6-5-8-22-12-13/h5-6,8,10-12,16,19H,3-4,7,9H2,1-2H3,(H,23,25). The zero-order valence-electron chi connectivity index (χ0n) is 16.0. The highest BCUT2D eigenvalue weighted by atomic mass is 16.5. The van der Waals surface area contributed by atoms with Gasteiger partial charge in [-0.05, 0) is 49.1 Å². The molecule has 7 heteroatoms. The molecule has 4 rings (SSSR count). The van der Waals surface area contributed by atoms with Crippen LogP contribution in [0.1, 0.15) is 41.1 Å². The molecule has 2 atom stereocenters. The summed E-state index contributed by atoms with van der Waals surface area (Å²) in [7, 11) is 3.08. The molecule has 0 radical (unpaired) electrons. The summed E-state index contributed by atoms with van der Waals surface area (Å²) >= 11 is 0. The molecule has 3 heterocycles. The molecule has 1 fully saturated rings. The van der Waals surface area contributed by atoms with Crippen LogP contribution in [0.4, 0.5) is 5.69 Å². The third kappa shape index (κ3) is 3.06. The van der Waals surface area contributed by atoms with Crippen LogP contribution in [0.25, 0.3) is 0 Å². The molecular formula is C21H23N3O4. The second kappa shape index (κ2) is 7.50. The number of pyridine rings is 1. The molecule has 146 valence electrons. The smallest absolute Gasteiger partial charge is 0.254 e. The Kier molecular flexibility index (Phi) is 4.90. The van der Waals surface area contributed by atoms with Crippen molar-refractivity contribution in [1.29, 1.82) is 0 Å². The first-order valence-electron chi connectivity index (χ1n) is 9.42. The molecule has 0 saturated carbocycles. The van der Waals surface area contributed by atoms with Crippen LogP contribution in [-0.2, 0) is 4.79 Å². The van der Waals surface area contributed by atoms with Crippen LogP contribution in [0, 0.1) is 0 Å². The van der Waals surface area contributed by atoms with E-state index in [1.165, 1.54) is 7.11 Å². The predicted molar refractivity (Wildman–Crippen MR) is 104 cm³/mol. The average Bonchev–Trinajstić information content (AvgIpc) is 2.74. The van der Waals surface area contributed by atoms with Crippen LogP contribution < -0.4 is 14.8 Å². The molecule has 1 aromatic heterocycles. The highest BCUT2D eigenvalue weighted by Gasteiger charge is 2.44. The lowest BCUT2D eigenvalue weighted by Gasteiger charge is -2.44. The maximum atomic E-state index is 13.3. The van der Waals surface area contributed by atoms with Crippen molar-refractivity contribution in [1.82, 2.24) is 9.88 Å². The molecule has 2 unspecified atom stereocenters. The number of methoxy groups -OCH3 is 2. The molecule has 2 amide bonds. The number of ether oxygens (including phenoxy) is 2. The number of piperidine rings is 1. The molecule has 2 aliphatic rings. The summed E-state index contributed by atoms with van der Waals surface area (Å²) in [4.78, 5) is 32.3. The van der Waals surface area contributed by atoms with Gasteiger partial charge in [-0.25, -0.2) is 0 Å². The molecule has 1 aromatic carbocycles. The lowest BCUT2D eigenvalue weighted by molar-refractivity contribution is -0.119. The van der Waals surface area contributed by atoms with Gasteiger partial charge in [-0.2, -0.15) is 0 Å². The van der Waals surface area contributed by atoms with Crippen molar-refractivity contribution < 1.29 is 19.1 Å². The van der Waals surface area contributed by atoms with Gasteiger partial charge in [0.1, 0.15) is 0 Å². The van der Waals surface area contributed by atoms with Gasteiger partial charge in [-0.3, -0.25) is 14.6 Å². The van der Waals surface area contributed by atoms with Crippen molar-refractivity contribution in [2.45, 2.75) is 31.2 Å². The van der Waals surface area contributed by atoms with Crippen molar-refractivity contribution in [2.75, 3.05) is 26.1 Å². The summed E-state index contributed by atoms with van der Waals surface area (Å²) in [5.74, 6) is 0.318. The van der Waals surface area contributed by atoms with Gasteiger partial charge in [0.05, 0.1) is 32.0 Å². The van der Waals surface area contributed by atoms with Crippen LogP contribution >= 0.6 is 0 Å². The minimum atomic E-state index is -0.479. The number of nitrogens with one attached hydrogen (secondary N) is 1. The SMILES string of the molecule is COc1cc2c(cc1OC)C(C(=O)Nc1cccnc1)C1CCCCN1C2=O. The number of aromatic nitrogens is 1. The monoisotopic (exact) mass is 381 g/mol.